The van der Waals surface area contributed by atoms with Crippen molar-refractivity contribution in [2.75, 3.05) is 0 Å². The summed E-state index contributed by atoms with van der Waals surface area (Å²) >= 11 is 0. The van der Waals surface area contributed by atoms with Crippen LogP contribution in [0, 0.1) is 5.92 Å². The van der Waals surface area contributed by atoms with E-state index >= 15 is 0 Å². The number of benzene rings is 1. The molecule has 2 nitrogen and oxygen atoms in total. The van der Waals surface area contributed by atoms with Crippen LogP contribution in [0.3, 0.4) is 0 Å². The van der Waals surface area contributed by atoms with Crippen molar-refractivity contribution in [1.29, 1.82) is 0 Å². The molecule has 0 aromatic heterocycles. The fourth-order valence-corrected chi connectivity index (χ4v) is 1.82. The van der Waals surface area contributed by atoms with Crippen LogP contribution in [-0.2, 0) is 15.9 Å². The first-order chi connectivity index (χ1) is 7.40. The van der Waals surface area contributed by atoms with Gasteiger partial charge in [-0.2, -0.15) is 0 Å². The average molecular weight is 204 g/mol. The van der Waals surface area contributed by atoms with E-state index in [0.29, 0.717) is 5.92 Å². The van der Waals surface area contributed by atoms with Crippen molar-refractivity contribution in [1.82, 2.24) is 0 Å². The molecular weight excluding hydrogens is 188 g/mol. The van der Waals surface area contributed by atoms with Crippen LogP contribution in [-0.4, -0.2) is 6.29 Å². The smallest absolute Gasteiger partial charge is 0.242 e. The molecule has 1 aromatic carbocycles. The molecule has 0 N–H and O–H groups in total. The summed E-state index contributed by atoms with van der Waals surface area (Å²) in [6.45, 7) is 2.17. The van der Waals surface area contributed by atoms with Gasteiger partial charge < -0.3 is 9.47 Å². The summed E-state index contributed by atoms with van der Waals surface area (Å²) in [7, 11) is 0. The Hall–Kier alpha value is -1.44. The molecule has 0 amide bonds. The van der Waals surface area contributed by atoms with E-state index in [-0.39, 0.29) is 6.29 Å². The van der Waals surface area contributed by atoms with Crippen LogP contribution >= 0.6 is 0 Å². The van der Waals surface area contributed by atoms with Gasteiger partial charge in [-0.3, -0.25) is 0 Å². The summed E-state index contributed by atoms with van der Waals surface area (Å²) in [6.07, 6.45) is 5.21. The Balaban J connectivity index is 1.96. The Labute approximate surface area is 90.5 Å². The predicted molar refractivity (Wildman–Crippen MR) is 59.0 cm³/mol. The van der Waals surface area contributed by atoms with Crippen LogP contribution in [0.1, 0.15) is 18.9 Å². The first-order valence-electron chi connectivity index (χ1n) is 5.40. The molecule has 0 bridgehead atoms. The molecule has 80 valence electrons. The molecule has 1 aliphatic rings. The van der Waals surface area contributed by atoms with E-state index in [1.54, 1.807) is 12.5 Å². The van der Waals surface area contributed by atoms with Gasteiger partial charge in [-0.15, -0.1) is 0 Å². The van der Waals surface area contributed by atoms with Crippen LogP contribution in [0.15, 0.2) is 42.9 Å². The Morgan fingerprint density at radius 1 is 1.13 bits per heavy atom. The van der Waals surface area contributed by atoms with Gasteiger partial charge in [-0.25, -0.2) is 0 Å². The molecule has 0 saturated carbocycles. The largest absolute Gasteiger partial charge is 0.459 e. The lowest BCUT2D eigenvalue weighted by molar-refractivity contribution is -0.0674. The molecule has 0 saturated heterocycles. The molecule has 2 heteroatoms. The lowest BCUT2D eigenvalue weighted by atomic mass is 9.96. The number of ether oxygens (including phenoxy) is 2. The molecule has 1 aliphatic heterocycles. The second-order valence-electron chi connectivity index (χ2n) is 3.77. The molecule has 1 aromatic rings. The van der Waals surface area contributed by atoms with Gasteiger partial charge in [0, 0.05) is 5.92 Å². The highest BCUT2D eigenvalue weighted by Crippen LogP contribution is 2.22. The minimum atomic E-state index is -0.102. The van der Waals surface area contributed by atoms with E-state index in [1.807, 2.05) is 6.07 Å². The predicted octanol–water partition coefficient (Wildman–Crippen LogP) is 3.10. The summed E-state index contributed by atoms with van der Waals surface area (Å²) < 4.78 is 10.8. The van der Waals surface area contributed by atoms with E-state index in [4.69, 9.17) is 9.47 Å². The summed E-state index contributed by atoms with van der Waals surface area (Å²) in [4.78, 5) is 0. The van der Waals surface area contributed by atoms with Crippen molar-refractivity contribution >= 4 is 0 Å². The third kappa shape index (κ3) is 2.52. The number of rotatable bonds is 4. The summed E-state index contributed by atoms with van der Waals surface area (Å²) in [6, 6.07) is 10.5. The highest BCUT2D eigenvalue weighted by molar-refractivity contribution is 5.15. The summed E-state index contributed by atoms with van der Waals surface area (Å²) in [5.41, 5.74) is 1.34. The molecule has 2 rings (SSSR count). The monoisotopic (exact) mass is 204 g/mol. The standard InChI is InChI=1S/C13H16O2/c1-2-12(13-14-8-9-15-13)10-11-6-4-3-5-7-11/h3-9,12-13H,2,10H2,1H3. The van der Waals surface area contributed by atoms with Gasteiger partial charge in [0.25, 0.3) is 0 Å². The molecular formula is C13H16O2. The van der Waals surface area contributed by atoms with Crippen molar-refractivity contribution < 1.29 is 9.47 Å². The maximum atomic E-state index is 5.38. The van der Waals surface area contributed by atoms with Gasteiger partial charge in [0.15, 0.2) is 0 Å². The van der Waals surface area contributed by atoms with Crippen molar-refractivity contribution in [3.63, 3.8) is 0 Å². The van der Waals surface area contributed by atoms with E-state index < -0.39 is 0 Å². The van der Waals surface area contributed by atoms with Crippen LogP contribution in [0.4, 0.5) is 0 Å². The molecule has 1 unspecified atom stereocenters. The molecule has 0 spiro atoms. The van der Waals surface area contributed by atoms with Crippen LogP contribution in [0.2, 0.25) is 0 Å². The zero-order valence-corrected chi connectivity index (χ0v) is 8.93. The van der Waals surface area contributed by atoms with Crippen molar-refractivity contribution in [2.24, 2.45) is 5.92 Å². The Kier molecular flexibility index (Phi) is 3.28. The SMILES string of the molecule is CCC(Cc1ccccc1)C1OC=CO1. The first-order valence-corrected chi connectivity index (χ1v) is 5.40. The second-order valence-corrected chi connectivity index (χ2v) is 3.77. The molecule has 15 heavy (non-hydrogen) atoms. The molecule has 0 fully saturated rings. The highest BCUT2D eigenvalue weighted by atomic mass is 16.7. The maximum Gasteiger partial charge on any atom is 0.242 e. The van der Waals surface area contributed by atoms with E-state index in [0.717, 1.165) is 12.8 Å². The minimum Gasteiger partial charge on any atom is -0.459 e. The van der Waals surface area contributed by atoms with Crippen molar-refractivity contribution in [3.8, 4) is 0 Å². The van der Waals surface area contributed by atoms with Gasteiger partial charge >= 0.3 is 0 Å². The lowest BCUT2D eigenvalue weighted by Crippen LogP contribution is -2.22. The van der Waals surface area contributed by atoms with Gasteiger partial charge in [0.1, 0.15) is 12.5 Å². The average Bonchev–Trinajstić information content (AvgIpc) is 2.81. The van der Waals surface area contributed by atoms with Crippen LogP contribution < -0.4 is 0 Å². The van der Waals surface area contributed by atoms with Crippen molar-refractivity contribution in [3.05, 3.63) is 48.4 Å². The third-order valence-electron chi connectivity index (χ3n) is 2.73. The highest BCUT2D eigenvalue weighted by Gasteiger charge is 2.24. The maximum absolute atomic E-state index is 5.38. The Bertz CT molecular complexity index is 311. The minimum absolute atomic E-state index is 0.102. The van der Waals surface area contributed by atoms with E-state index in [2.05, 4.69) is 31.2 Å². The van der Waals surface area contributed by atoms with Crippen LogP contribution in [0.5, 0.6) is 0 Å². The lowest BCUT2D eigenvalue weighted by Gasteiger charge is -2.20. The Morgan fingerprint density at radius 3 is 2.40 bits per heavy atom. The van der Waals surface area contributed by atoms with Crippen molar-refractivity contribution in [2.45, 2.75) is 26.1 Å². The molecule has 1 heterocycles. The topological polar surface area (TPSA) is 18.5 Å². The van der Waals surface area contributed by atoms with E-state index in [1.165, 1.54) is 5.56 Å². The zero-order chi connectivity index (χ0) is 10.5. The zero-order valence-electron chi connectivity index (χ0n) is 8.93. The quantitative estimate of drug-likeness (QED) is 0.750. The fourth-order valence-electron chi connectivity index (χ4n) is 1.82. The fraction of sp³-hybridized carbons (Fsp3) is 0.385. The molecule has 0 radical (unpaired) electrons. The normalized spacial score (nSPS) is 17.1. The van der Waals surface area contributed by atoms with Gasteiger partial charge in [-0.05, 0) is 18.4 Å². The summed E-state index contributed by atoms with van der Waals surface area (Å²) in [5, 5.41) is 0. The second kappa shape index (κ2) is 4.87. The van der Waals surface area contributed by atoms with Gasteiger partial charge in [0.2, 0.25) is 6.29 Å². The summed E-state index contributed by atoms with van der Waals surface area (Å²) in [5.74, 6) is 0.419. The van der Waals surface area contributed by atoms with Gasteiger partial charge in [0.05, 0.1) is 0 Å². The van der Waals surface area contributed by atoms with Gasteiger partial charge in [-0.1, -0.05) is 37.3 Å². The van der Waals surface area contributed by atoms with Crippen LogP contribution in [0.25, 0.3) is 0 Å². The number of hydrogen-bond donors (Lipinski definition) is 0. The molecule has 1 atom stereocenters. The third-order valence-corrected chi connectivity index (χ3v) is 2.73. The number of hydrogen-bond acceptors (Lipinski definition) is 2. The Morgan fingerprint density at radius 2 is 1.80 bits per heavy atom. The molecule has 0 aliphatic carbocycles. The van der Waals surface area contributed by atoms with E-state index in [9.17, 15) is 0 Å². The first kappa shape index (κ1) is 10.1.